The molecule has 0 aliphatic heterocycles. The Morgan fingerprint density at radius 3 is 1.60 bits per heavy atom. The summed E-state index contributed by atoms with van der Waals surface area (Å²) in [5.41, 5.74) is 0. The lowest BCUT2D eigenvalue weighted by molar-refractivity contribution is -0.143. The van der Waals surface area contributed by atoms with Gasteiger partial charge in [-0.05, 0) is 54.9 Å². The van der Waals surface area contributed by atoms with Crippen LogP contribution in [-0.2, 0) is 9.53 Å². The SMILES string of the molecule is CC(C)N(C(C)C)C(C)C.CCCCCC(=O)OCC. The molecule has 0 N–H and O–H groups in total. The molecule has 0 atom stereocenters. The van der Waals surface area contributed by atoms with Crippen LogP contribution in [0.15, 0.2) is 0 Å². The fourth-order valence-electron chi connectivity index (χ4n) is 2.54. The molecule has 0 heterocycles. The maximum Gasteiger partial charge on any atom is 0.305 e. The van der Waals surface area contributed by atoms with E-state index in [9.17, 15) is 4.79 Å². The highest BCUT2D eigenvalue weighted by molar-refractivity contribution is 5.69. The van der Waals surface area contributed by atoms with Gasteiger partial charge < -0.3 is 4.74 Å². The summed E-state index contributed by atoms with van der Waals surface area (Å²) in [5, 5.41) is 0. The first-order valence-corrected chi connectivity index (χ1v) is 8.20. The molecule has 0 aromatic carbocycles. The normalized spacial score (nSPS) is 11.0. The molecule has 0 radical (unpaired) electrons. The van der Waals surface area contributed by atoms with Crippen molar-refractivity contribution in [3.05, 3.63) is 0 Å². The van der Waals surface area contributed by atoms with Crippen molar-refractivity contribution in [2.24, 2.45) is 0 Å². The topological polar surface area (TPSA) is 29.5 Å². The quantitative estimate of drug-likeness (QED) is 0.481. The van der Waals surface area contributed by atoms with Crippen LogP contribution in [0.2, 0.25) is 0 Å². The van der Waals surface area contributed by atoms with E-state index in [0.717, 1.165) is 19.3 Å². The lowest BCUT2D eigenvalue weighted by Crippen LogP contribution is -2.42. The summed E-state index contributed by atoms with van der Waals surface area (Å²) in [6.07, 6.45) is 3.83. The fraction of sp³-hybridized carbons (Fsp3) is 0.941. The molecular formula is C17H37NO2. The first kappa shape index (κ1) is 21.7. The summed E-state index contributed by atoms with van der Waals surface area (Å²) < 4.78 is 4.75. The van der Waals surface area contributed by atoms with Crippen LogP contribution in [0.4, 0.5) is 0 Å². The minimum atomic E-state index is -0.0593. The predicted molar refractivity (Wildman–Crippen MR) is 88.0 cm³/mol. The van der Waals surface area contributed by atoms with Crippen LogP contribution in [0.3, 0.4) is 0 Å². The maximum absolute atomic E-state index is 10.7. The third kappa shape index (κ3) is 12.5. The summed E-state index contributed by atoms with van der Waals surface area (Å²) in [6, 6.07) is 2.00. The van der Waals surface area contributed by atoms with E-state index >= 15 is 0 Å². The van der Waals surface area contributed by atoms with Crippen molar-refractivity contribution in [2.75, 3.05) is 6.61 Å². The van der Waals surface area contributed by atoms with Gasteiger partial charge in [-0.1, -0.05) is 19.8 Å². The van der Waals surface area contributed by atoms with Gasteiger partial charge in [-0.2, -0.15) is 0 Å². The number of hydrogen-bond donors (Lipinski definition) is 0. The zero-order valence-electron chi connectivity index (χ0n) is 15.0. The number of hydrogen-bond acceptors (Lipinski definition) is 3. The number of unbranched alkanes of at least 4 members (excludes halogenated alkanes) is 2. The molecule has 0 saturated heterocycles. The van der Waals surface area contributed by atoms with Gasteiger partial charge in [-0.3, -0.25) is 9.69 Å². The molecular weight excluding hydrogens is 250 g/mol. The molecule has 0 saturated carbocycles. The van der Waals surface area contributed by atoms with Crippen LogP contribution >= 0.6 is 0 Å². The van der Waals surface area contributed by atoms with Gasteiger partial charge in [-0.25, -0.2) is 0 Å². The van der Waals surface area contributed by atoms with Gasteiger partial charge in [-0.15, -0.1) is 0 Å². The van der Waals surface area contributed by atoms with Crippen LogP contribution in [0.5, 0.6) is 0 Å². The molecule has 0 aliphatic rings. The lowest BCUT2D eigenvalue weighted by atomic mass is 10.2. The van der Waals surface area contributed by atoms with Crippen LogP contribution < -0.4 is 0 Å². The van der Waals surface area contributed by atoms with Crippen molar-refractivity contribution in [1.82, 2.24) is 4.90 Å². The maximum atomic E-state index is 10.7. The second-order valence-electron chi connectivity index (χ2n) is 5.99. The Bertz CT molecular complexity index is 206. The van der Waals surface area contributed by atoms with Crippen LogP contribution in [-0.4, -0.2) is 35.6 Å². The van der Waals surface area contributed by atoms with Gasteiger partial charge in [0.2, 0.25) is 0 Å². The van der Waals surface area contributed by atoms with E-state index in [1.54, 1.807) is 0 Å². The van der Waals surface area contributed by atoms with Crippen molar-refractivity contribution in [3.63, 3.8) is 0 Å². The first-order chi connectivity index (χ1) is 9.27. The van der Waals surface area contributed by atoms with Gasteiger partial charge in [0.1, 0.15) is 0 Å². The highest BCUT2D eigenvalue weighted by atomic mass is 16.5. The summed E-state index contributed by atoms with van der Waals surface area (Å²) in [4.78, 5) is 13.2. The number of esters is 1. The molecule has 0 rings (SSSR count). The average molecular weight is 287 g/mol. The third-order valence-electron chi connectivity index (χ3n) is 3.08. The summed E-state index contributed by atoms with van der Waals surface area (Å²) in [7, 11) is 0. The van der Waals surface area contributed by atoms with Crippen molar-refractivity contribution in [3.8, 4) is 0 Å². The Morgan fingerprint density at radius 1 is 0.900 bits per heavy atom. The van der Waals surface area contributed by atoms with E-state index in [-0.39, 0.29) is 5.97 Å². The van der Waals surface area contributed by atoms with E-state index in [1.165, 1.54) is 0 Å². The molecule has 0 spiro atoms. The molecule has 3 heteroatoms. The van der Waals surface area contributed by atoms with Gasteiger partial charge in [0.25, 0.3) is 0 Å². The van der Waals surface area contributed by atoms with Gasteiger partial charge in [0.05, 0.1) is 6.61 Å². The second kappa shape index (κ2) is 13.4. The Hall–Kier alpha value is -0.570. The largest absolute Gasteiger partial charge is 0.466 e. The Kier molecular flexibility index (Phi) is 14.6. The molecule has 0 bridgehead atoms. The molecule has 0 aliphatic carbocycles. The van der Waals surface area contributed by atoms with Crippen molar-refractivity contribution in [2.45, 2.75) is 99.2 Å². The first-order valence-electron chi connectivity index (χ1n) is 8.20. The summed E-state index contributed by atoms with van der Waals surface area (Å²) in [5.74, 6) is -0.0593. The number of carbonyl (C=O) groups is 1. The van der Waals surface area contributed by atoms with E-state index < -0.39 is 0 Å². The number of nitrogens with zero attached hydrogens (tertiary/aromatic N) is 1. The lowest BCUT2D eigenvalue weighted by Gasteiger charge is -2.34. The average Bonchev–Trinajstić information content (AvgIpc) is 2.28. The summed E-state index contributed by atoms with van der Waals surface area (Å²) >= 11 is 0. The zero-order valence-corrected chi connectivity index (χ0v) is 15.0. The van der Waals surface area contributed by atoms with Crippen LogP contribution in [0.25, 0.3) is 0 Å². The van der Waals surface area contributed by atoms with Gasteiger partial charge >= 0.3 is 5.97 Å². The number of rotatable bonds is 8. The van der Waals surface area contributed by atoms with Crippen molar-refractivity contribution < 1.29 is 9.53 Å². The van der Waals surface area contributed by atoms with E-state index in [4.69, 9.17) is 4.74 Å². The van der Waals surface area contributed by atoms with Gasteiger partial charge in [0.15, 0.2) is 0 Å². The smallest absolute Gasteiger partial charge is 0.305 e. The monoisotopic (exact) mass is 287 g/mol. The molecule has 0 fully saturated rings. The molecule has 0 unspecified atom stereocenters. The Balaban J connectivity index is 0. The summed E-state index contributed by atoms with van der Waals surface area (Å²) in [6.45, 7) is 18.0. The minimum absolute atomic E-state index is 0.0593. The van der Waals surface area contributed by atoms with E-state index in [0.29, 0.717) is 31.2 Å². The van der Waals surface area contributed by atoms with Crippen molar-refractivity contribution in [1.29, 1.82) is 0 Å². The minimum Gasteiger partial charge on any atom is -0.466 e. The molecule has 20 heavy (non-hydrogen) atoms. The third-order valence-corrected chi connectivity index (χ3v) is 3.08. The van der Waals surface area contributed by atoms with E-state index in [1.807, 2.05) is 6.92 Å². The molecule has 0 aromatic heterocycles. The Labute approximate surface area is 127 Å². The van der Waals surface area contributed by atoms with Crippen LogP contribution in [0, 0.1) is 0 Å². The number of carbonyl (C=O) groups excluding carboxylic acids is 1. The highest BCUT2D eigenvalue weighted by Crippen LogP contribution is 2.09. The van der Waals surface area contributed by atoms with Gasteiger partial charge in [0, 0.05) is 24.5 Å². The van der Waals surface area contributed by atoms with Crippen LogP contribution in [0.1, 0.15) is 81.1 Å². The zero-order chi connectivity index (χ0) is 16.1. The fourth-order valence-corrected chi connectivity index (χ4v) is 2.54. The van der Waals surface area contributed by atoms with Crippen molar-refractivity contribution >= 4 is 5.97 Å². The molecule has 0 aromatic rings. The highest BCUT2D eigenvalue weighted by Gasteiger charge is 2.15. The molecule has 122 valence electrons. The molecule has 3 nitrogen and oxygen atoms in total. The molecule has 0 amide bonds. The standard InChI is InChI=1S/C9H21N.C8H16O2/c1-7(2)10(8(3)4)9(5)6;1-3-5-6-7-8(9)10-4-2/h7-9H,1-6H3;3-7H2,1-2H3. The second-order valence-corrected chi connectivity index (χ2v) is 5.99. The Morgan fingerprint density at radius 2 is 1.35 bits per heavy atom. The van der Waals surface area contributed by atoms with E-state index in [2.05, 4.69) is 53.4 Å². The predicted octanol–water partition coefficient (Wildman–Crippen LogP) is 4.64. The number of ether oxygens (including phenoxy) is 1.